The summed E-state index contributed by atoms with van der Waals surface area (Å²) in [5.74, 6) is 1.87. The third-order valence-electron chi connectivity index (χ3n) is 4.24. The van der Waals surface area contributed by atoms with Crippen molar-refractivity contribution in [3.63, 3.8) is 0 Å². The van der Waals surface area contributed by atoms with E-state index in [9.17, 15) is 0 Å². The summed E-state index contributed by atoms with van der Waals surface area (Å²) >= 11 is 0. The Bertz CT molecular complexity index is 380. The van der Waals surface area contributed by atoms with Gasteiger partial charge in [0.15, 0.2) is 0 Å². The van der Waals surface area contributed by atoms with Crippen LogP contribution in [0.5, 0.6) is 5.75 Å². The standard InChI is InChI=1S/C18H30N2O/c1-19(2)12-6-8-17-9-7-13-20(16-17)14-15-21-18-10-4-3-5-11-18/h3-5,10-11,17H,6-9,12-16H2,1-2H3. The summed E-state index contributed by atoms with van der Waals surface area (Å²) in [6, 6.07) is 10.1. The summed E-state index contributed by atoms with van der Waals surface area (Å²) in [5.41, 5.74) is 0. The molecule has 0 radical (unpaired) electrons. The zero-order chi connectivity index (χ0) is 14.9. The molecule has 0 saturated carbocycles. The summed E-state index contributed by atoms with van der Waals surface area (Å²) in [7, 11) is 4.32. The van der Waals surface area contributed by atoms with Crippen LogP contribution in [0, 0.1) is 5.92 Å². The minimum absolute atomic E-state index is 0.800. The van der Waals surface area contributed by atoms with E-state index in [2.05, 4.69) is 23.9 Å². The van der Waals surface area contributed by atoms with Gasteiger partial charge < -0.3 is 9.64 Å². The zero-order valence-corrected chi connectivity index (χ0v) is 13.6. The van der Waals surface area contributed by atoms with Crippen molar-refractivity contribution in [3.05, 3.63) is 30.3 Å². The van der Waals surface area contributed by atoms with E-state index in [1.54, 1.807) is 0 Å². The van der Waals surface area contributed by atoms with E-state index in [1.165, 1.54) is 45.3 Å². The lowest BCUT2D eigenvalue weighted by Gasteiger charge is -2.32. The van der Waals surface area contributed by atoms with E-state index in [1.807, 2.05) is 30.3 Å². The average Bonchev–Trinajstić information content (AvgIpc) is 2.48. The molecule has 1 unspecified atom stereocenters. The van der Waals surface area contributed by atoms with Crippen LogP contribution in [-0.4, -0.2) is 56.7 Å². The van der Waals surface area contributed by atoms with Gasteiger partial charge >= 0.3 is 0 Å². The lowest BCUT2D eigenvalue weighted by molar-refractivity contribution is 0.140. The predicted molar refractivity (Wildman–Crippen MR) is 88.9 cm³/mol. The molecular formula is C18H30N2O. The Morgan fingerprint density at radius 3 is 2.81 bits per heavy atom. The number of ether oxygens (including phenoxy) is 1. The van der Waals surface area contributed by atoms with Gasteiger partial charge in [0.1, 0.15) is 12.4 Å². The Labute approximate surface area is 129 Å². The normalized spacial score (nSPS) is 19.9. The van der Waals surface area contributed by atoms with Crippen molar-refractivity contribution in [2.75, 3.05) is 46.9 Å². The summed E-state index contributed by atoms with van der Waals surface area (Å²) < 4.78 is 5.81. The molecule has 21 heavy (non-hydrogen) atoms. The molecular weight excluding hydrogens is 260 g/mol. The molecule has 0 spiro atoms. The molecule has 1 fully saturated rings. The molecule has 1 saturated heterocycles. The highest BCUT2D eigenvalue weighted by Gasteiger charge is 2.19. The monoisotopic (exact) mass is 290 g/mol. The molecule has 3 nitrogen and oxygen atoms in total. The van der Waals surface area contributed by atoms with Gasteiger partial charge in [-0.25, -0.2) is 0 Å². The van der Waals surface area contributed by atoms with Crippen LogP contribution in [0.1, 0.15) is 25.7 Å². The van der Waals surface area contributed by atoms with Crippen molar-refractivity contribution < 1.29 is 4.74 Å². The maximum absolute atomic E-state index is 5.81. The Hall–Kier alpha value is -1.06. The molecule has 1 aliphatic rings. The fourth-order valence-electron chi connectivity index (χ4n) is 3.10. The van der Waals surface area contributed by atoms with Crippen molar-refractivity contribution in [2.24, 2.45) is 5.92 Å². The molecule has 1 atom stereocenters. The number of piperidine rings is 1. The van der Waals surface area contributed by atoms with E-state index in [-0.39, 0.29) is 0 Å². The first-order valence-electron chi connectivity index (χ1n) is 8.29. The van der Waals surface area contributed by atoms with Crippen molar-refractivity contribution in [2.45, 2.75) is 25.7 Å². The number of benzene rings is 1. The lowest BCUT2D eigenvalue weighted by atomic mass is 9.93. The van der Waals surface area contributed by atoms with Gasteiger partial charge in [0.05, 0.1) is 0 Å². The van der Waals surface area contributed by atoms with Crippen LogP contribution in [0.15, 0.2) is 30.3 Å². The number of likely N-dealkylation sites (tertiary alicyclic amines) is 1. The quantitative estimate of drug-likeness (QED) is 0.731. The Morgan fingerprint density at radius 2 is 2.05 bits per heavy atom. The van der Waals surface area contributed by atoms with E-state index in [4.69, 9.17) is 4.74 Å². The molecule has 1 aliphatic heterocycles. The van der Waals surface area contributed by atoms with Crippen molar-refractivity contribution in [3.8, 4) is 5.75 Å². The van der Waals surface area contributed by atoms with Crippen LogP contribution in [-0.2, 0) is 0 Å². The Morgan fingerprint density at radius 1 is 1.24 bits per heavy atom. The van der Waals surface area contributed by atoms with Gasteiger partial charge in [-0.3, -0.25) is 4.90 Å². The Kier molecular flexibility index (Phi) is 7.04. The first kappa shape index (κ1) is 16.3. The summed E-state index contributed by atoms with van der Waals surface area (Å²) in [6.45, 7) is 5.56. The van der Waals surface area contributed by atoms with Crippen molar-refractivity contribution in [1.29, 1.82) is 0 Å². The average molecular weight is 290 g/mol. The highest BCUT2D eigenvalue weighted by molar-refractivity contribution is 5.20. The second-order valence-electron chi connectivity index (χ2n) is 6.42. The smallest absolute Gasteiger partial charge is 0.119 e. The van der Waals surface area contributed by atoms with Crippen LogP contribution in [0.3, 0.4) is 0 Å². The molecule has 0 bridgehead atoms. The molecule has 1 aromatic rings. The second kappa shape index (κ2) is 9.06. The molecule has 0 aliphatic carbocycles. The fourth-order valence-corrected chi connectivity index (χ4v) is 3.10. The van der Waals surface area contributed by atoms with Gasteiger partial charge in [0, 0.05) is 13.1 Å². The van der Waals surface area contributed by atoms with Crippen LogP contribution >= 0.6 is 0 Å². The molecule has 0 N–H and O–H groups in total. The summed E-state index contributed by atoms with van der Waals surface area (Å²) in [4.78, 5) is 4.86. The first-order chi connectivity index (χ1) is 10.2. The molecule has 0 aromatic heterocycles. The molecule has 0 amide bonds. The highest BCUT2D eigenvalue weighted by Crippen LogP contribution is 2.21. The molecule has 1 heterocycles. The van der Waals surface area contributed by atoms with Crippen LogP contribution < -0.4 is 4.74 Å². The largest absolute Gasteiger partial charge is 0.492 e. The van der Waals surface area contributed by atoms with Crippen LogP contribution in [0.2, 0.25) is 0 Å². The second-order valence-corrected chi connectivity index (χ2v) is 6.42. The van der Waals surface area contributed by atoms with Crippen molar-refractivity contribution >= 4 is 0 Å². The van der Waals surface area contributed by atoms with Crippen LogP contribution in [0.4, 0.5) is 0 Å². The van der Waals surface area contributed by atoms with Crippen LogP contribution in [0.25, 0.3) is 0 Å². The summed E-state index contributed by atoms with van der Waals surface area (Å²) in [5, 5.41) is 0. The molecule has 2 rings (SSSR count). The van der Waals surface area contributed by atoms with Gasteiger partial charge in [-0.05, 0) is 70.9 Å². The zero-order valence-electron chi connectivity index (χ0n) is 13.6. The topological polar surface area (TPSA) is 15.7 Å². The third kappa shape index (κ3) is 6.49. The number of para-hydroxylation sites is 1. The van der Waals surface area contributed by atoms with E-state index >= 15 is 0 Å². The SMILES string of the molecule is CN(C)CCCC1CCCN(CCOc2ccccc2)C1. The maximum Gasteiger partial charge on any atom is 0.119 e. The first-order valence-corrected chi connectivity index (χ1v) is 8.29. The molecule has 1 aromatic carbocycles. The lowest BCUT2D eigenvalue weighted by Crippen LogP contribution is -2.38. The van der Waals surface area contributed by atoms with Gasteiger partial charge in [0.2, 0.25) is 0 Å². The van der Waals surface area contributed by atoms with E-state index in [0.717, 1.165) is 24.8 Å². The number of rotatable bonds is 8. The molecule has 118 valence electrons. The van der Waals surface area contributed by atoms with E-state index in [0.29, 0.717) is 0 Å². The van der Waals surface area contributed by atoms with Crippen molar-refractivity contribution in [1.82, 2.24) is 9.80 Å². The maximum atomic E-state index is 5.81. The number of hydrogen-bond donors (Lipinski definition) is 0. The van der Waals surface area contributed by atoms with Gasteiger partial charge in [-0.2, -0.15) is 0 Å². The van der Waals surface area contributed by atoms with E-state index < -0.39 is 0 Å². The summed E-state index contributed by atoms with van der Waals surface area (Å²) in [6.07, 6.45) is 5.45. The highest BCUT2D eigenvalue weighted by atomic mass is 16.5. The predicted octanol–water partition coefficient (Wildman–Crippen LogP) is 3.12. The molecule has 3 heteroatoms. The third-order valence-corrected chi connectivity index (χ3v) is 4.24. The number of nitrogens with zero attached hydrogens (tertiary/aromatic N) is 2. The number of hydrogen-bond acceptors (Lipinski definition) is 3. The van der Waals surface area contributed by atoms with Gasteiger partial charge in [0.25, 0.3) is 0 Å². The Balaban J connectivity index is 1.62. The fraction of sp³-hybridized carbons (Fsp3) is 0.667. The van der Waals surface area contributed by atoms with Gasteiger partial charge in [-0.1, -0.05) is 18.2 Å². The minimum atomic E-state index is 0.800. The minimum Gasteiger partial charge on any atom is -0.492 e. The van der Waals surface area contributed by atoms with Gasteiger partial charge in [-0.15, -0.1) is 0 Å².